The topological polar surface area (TPSA) is 26.0 Å². The molecule has 0 aromatic heterocycles. The SMILES string of the molecule is CC[C@@H](N)c1c(Cl)ccc(Cl)c1Cl.Cl. The maximum Gasteiger partial charge on any atom is 0.0654 e. The quantitative estimate of drug-likeness (QED) is 0.791. The minimum atomic E-state index is -0.154. The van der Waals surface area contributed by atoms with E-state index in [4.69, 9.17) is 40.5 Å². The highest BCUT2D eigenvalue weighted by Gasteiger charge is 2.14. The lowest BCUT2D eigenvalue weighted by Gasteiger charge is -2.13. The lowest BCUT2D eigenvalue weighted by molar-refractivity contribution is 0.699. The van der Waals surface area contributed by atoms with Crippen molar-refractivity contribution in [2.24, 2.45) is 5.73 Å². The first-order valence-electron chi connectivity index (χ1n) is 3.96. The minimum absolute atomic E-state index is 0. The Hall–Kier alpha value is 0.340. The number of nitrogens with two attached hydrogens (primary N) is 1. The standard InChI is InChI=1S/C9H10Cl3N.ClH/c1-2-7(13)8-5(10)3-4-6(11)9(8)12;/h3-4,7H,2,13H2,1H3;1H/t7-;/m1./s1. The molecule has 0 fully saturated rings. The van der Waals surface area contributed by atoms with E-state index in [0.717, 1.165) is 12.0 Å². The van der Waals surface area contributed by atoms with Crippen LogP contribution in [0.3, 0.4) is 0 Å². The smallest absolute Gasteiger partial charge is 0.0654 e. The summed E-state index contributed by atoms with van der Waals surface area (Å²) in [5, 5.41) is 1.53. The van der Waals surface area contributed by atoms with E-state index in [2.05, 4.69) is 0 Å². The third kappa shape index (κ3) is 2.91. The fourth-order valence-electron chi connectivity index (χ4n) is 1.09. The van der Waals surface area contributed by atoms with Crippen LogP contribution in [0.2, 0.25) is 15.1 Å². The van der Waals surface area contributed by atoms with E-state index in [1.54, 1.807) is 12.1 Å². The van der Waals surface area contributed by atoms with E-state index in [1.165, 1.54) is 0 Å². The molecule has 0 aliphatic heterocycles. The Morgan fingerprint density at radius 3 is 2.21 bits per heavy atom. The number of halogens is 4. The maximum atomic E-state index is 5.98. The van der Waals surface area contributed by atoms with E-state index in [-0.39, 0.29) is 18.4 Å². The van der Waals surface area contributed by atoms with Gasteiger partial charge in [0.05, 0.1) is 10.0 Å². The van der Waals surface area contributed by atoms with Crippen molar-refractivity contribution in [3.63, 3.8) is 0 Å². The molecule has 0 spiro atoms. The average Bonchev–Trinajstić information content (AvgIpc) is 2.12. The first-order valence-corrected chi connectivity index (χ1v) is 5.10. The molecule has 1 aromatic carbocycles. The Balaban J connectivity index is 0.00000169. The molecule has 0 saturated heterocycles. The van der Waals surface area contributed by atoms with Crippen LogP contribution in [-0.2, 0) is 0 Å². The molecule has 1 aromatic rings. The summed E-state index contributed by atoms with van der Waals surface area (Å²) in [7, 11) is 0. The van der Waals surface area contributed by atoms with Crippen LogP contribution in [0.15, 0.2) is 12.1 Å². The zero-order chi connectivity index (χ0) is 10.0. The molecule has 1 rings (SSSR count). The Labute approximate surface area is 105 Å². The van der Waals surface area contributed by atoms with Gasteiger partial charge in [-0.05, 0) is 18.6 Å². The van der Waals surface area contributed by atoms with Gasteiger partial charge in [-0.2, -0.15) is 0 Å². The van der Waals surface area contributed by atoms with Crippen molar-refractivity contribution < 1.29 is 0 Å². The second-order valence-electron chi connectivity index (χ2n) is 2.77. The summed E-state index contributed by atoms with van der Waals surface area (Å²) in [5.74, 6) is 0. The van der Waals surface area contributed by atoms with Gasteiger partial charge in [0.25, 0.3) is 0 Å². The Morgan fingerprint density at radius 1 is 1.21 bits per heavy atom. The lowest BCUT2D eigenvalue weighted by Crippen LogP contribution is -2.10. The van der Waals surface area contributed by atoms with Crippen LogP contribution in [0, 0.1) is 0 Å². The number of rotatable bonds is 2. The molecule has 0 saturated carbocycles. The van der Waals surface area contributed by atoms with Gasteiger partial charge in [0, 0.05) is 16.6 Å². The van der Waals surface area contributed by atoms with E-state index in [9.17, 15) is 0 Å². The predicted octanol–water partition coefficient (Wildman–Crippen LogP) is 4.48. The first kappa shape index (κ1) is 14.3. The van der Waals surface area contributed by atoms with E-state index >= 15 is 0 Å². The molecule has 14 heavy (non-hydrogen) atoms. The number of benzene rings is 1. The van der Waals surface area contributed by atoms with Crippen molar-refractivity contribution >= 4 is 47.2 Å². The van der Waals surface area contributed by atoms with E-state index in [1.807, 2.05) is 6.92 Å². The minimum Gasteiger partial charge on any atom is -0.324 e. The van der Waals surface area contributed by atoms with Crippen LogP contribution in [0.4, 0.5) is 0 Å². The highest BCUT2D eigenvalue weighted by Crippen LogP contribution is 2.35. The van der Waals surface area contributed by atoms with E-state index in [0.29, 0.717) is 15.1 Å². The Morgan fingerprint density at radius 2 is 1.71 bits per heavy atom. The fraction of sp³-hybridized carbons (Fsp3) is 0.333. The molecule has 80 valence electrons. The third-order valence-electron chi connectivity index (χ3n) is 1.89. The summed E-state index contributed by atoms with van der Waals surface area (Å²) in [6, 6.07) is 3.22. The van der Waals surface area contributed by atoms with Crippen molar-refractivity contribution in [2.45, 2.75) is 19.4 Å². The molecule has 0 bridgehead atoms. The Kier molecular flexibility index (Phi) is 6.19. The van der Waals surface area contributed by atoms with Crippen LogP contribution in [0.25, 0.3) is 0 Å². The fourth-order valence-corrected chi connectivity index (χ4v) is 1.90. The summed E-state index contributed by atoms with van der Waals surface area (Å²) < 4.78 is 0. The van der Waals surface area contributed by atoms with Crippen molar-refractivity contribution in [2.75, 3.05) is 0 Å². The normalized spacial score (nSPS) is 12.1. The summed E-state index contributed by atoms with van der Waals surface area (Å²) in [6.07, 6.45) is 0.778. The molecule has 1 nitrogen and oxygen atoms in total. The van der Waals surface area contributed by atoms with Gasteiger partial charge in [0.15, 0.2) is 0 Å². The van der Waals surface area contributed by atoms with Gasteiger partial charge >= 0.3 is 0 Å². The van der Waals surface area contributed by atoms with Gasteiger partial charge in [-0.15, -0.1) is 12.4 Å². The lowest BCUT2D eigenvalue weighted by atomic mass is 10.1. The molecule has 1 atom stereocenters. The molecule has 0 heterocycles. The zero-order valence-electron chi connectivity index (χ0n) is 7.56. The predicted molar refractivity (Wildman–Crippen MR) is 65.9 cm³/mol. The van der Waals surface area contributed by atoms with Crippen molar-refractivity contribution in [3.8, 4) is 0 Å². The van der Waals surface area contributed by atoms with Crippen LogP contribution >= 0.6 is 47.2 Å². The summed E-state index contributed by atoms with van der Waals surface area (Å²) in [4.78, 5) is 0. The van der Waals surface area contributed by atoms with Crippen LogP contribution in [0.5, 0.6) is 0 Å². The average molecular weight is 275 g/mol. The van der Waals surface area contributed by atoms with E-state index < -0.39 is 0 Å². The van der Waals surface area contributed by atoms with Gasteiger partial charge in [-0.1, -0.05) is 41.7 Å². The zero-order valence-corrected chi connectivity index (χ0v) is 10.6. The largest absolute Gasteiger partial charge is 0.324 e. The highest BCUT2D eigenvalue weighted by molar-refractivity contribution is 6.44. The van der Waals surface area contributed by atoms with Gasteiger partial charge in [0.1, 0.15) is 0 Å². The monoisotopic (exact) mass is 273 g/mol. The van der Waals surface area contributed by atoms with Crippen molar-refractivity contribution in [1.82, 2.24) is 0 Å². The van der Waals surface area contributed by atoms with Crippen molar-refractivity contribution in [1.29, 1.82) is 0 Å². The summed E-state index contributed by atoms with van der Waals surface area (Å²) in [5.41, 5.74) is 6.57. The molecule has 0 amide bonds. The van der Waals surface area contributed by atoms with Gasteiger partial charge in [-0.3, -0.25) is 0 Å². The van der Waals surface area contributed by atoms with Gasteiger partial charge in [0.2, 0.25) is 0 Å². The molecule has 0 aliphatic rings. The Bertz CT molecular complexity index is 314. The van der Waals surface area contributed by atoms with Gasteiger partial charge in [-0.25, -0.2) is 0 Å². The van der Waals surface area contributed by atoms with Crippen molar-refractivity contribution in [3.05, 3.63) is 32.8 Å². The highest BCUT2D eigenvalue weighted by atomic mass is 35.5. The third-order valence-corrected chi connectivity index (χ3v) is 3.04. The first-order chi connectivity index (χ1) is 6.07. The number of hydrogen-bond acceptors (Lipinski definition) is 1. The van der Waals surface area contributed by atoms with Crippen LogP contribution < -0.4 is 5.73 Å². The summed E-state index contributed by atoms with van der Waals surface area (Å²) in [6.45, 7) is 1.97. The van der Waals surface area contributed by atoms with Gasteiger partial charge < -0.3 is 5.73 Å². The second-order valence-corrected chi connectivity index (χ2v) is 3.96. The molecule has 0 aliphatic carbocycles. The molecule has 0 unspecified atom stereocenters. The second kappa shape index (κ2) is 6.04. The molecule has 2 N–H and O–H groups in total. The molecular formula is C9H11Cl4N. The molecular weight excluding hydrogens is 264 g/mol. The number of hydrogen-bond donors (Lipinski definition) is 1. The molecule has 5 heteroatoms. The summed E-state index contributed by atoms with van der Waals surface area (Å²) >= 11 is 17.8. The van der Waals surface area contributed by atoms with Crippen LogP contribution in [0.1, 0.15) is 24.9 Å². The van der Waals surface area contributed by atoms with Crippen LogP contribution in [-0.4, -0.2) is 0 Å². The molecule has 0 radical (unpaired) electrons. The maximum absolute atomic E-state index is 5.98.